The van der Waals surface area contributed by atoms with Crippen molar-refractivity contribution in [2.24, 2.45) is 0 Å². The van der Waals surface area contributed by atoms with Crippen molar-refractivity contribution in [2.45, 2.75) is 19.5 Å². The van der Waals surface area contributed by atoms with E-state index in [1.54, 1.807) is 6.20 Å². The molecule has 78 valence electrons. The Morgan fingerprint density at radius 1 is 1.86 bits per heavy atom. The molecule has 0 saturated carbocycles. The number of halogens is 2. The summed E-state index contributed by atoms with van der Waals surface area (Å²) < 4.78 is 2.87. The first-order chi connectivity index (χ1) is 6.58. The Balaban J connectivity index is 2.33. The van der Waals surface area contributed by atoms with Gasteiger partial charge in [-0.3, -0.25) is 4.68 Å². The first-order valence-corrected chi connectivity index (χ1v) is 5.49. The molecule has 0 radical (unpaired) electrons. The van der Waals surface area contributed by atoms with Crippen molar-refractivity contribution in [2.75, 3.05) is 6.54 Å². The van der Waals surface area contributed by atoms with Crippen LogP contribution in [0.1, 0.15) is 6.92 Å². The largest absolute Gasteiger partial charge is 0.307 e. The second-order valence-corrected chi connectivity index (χ2v) is 4.63. The van der Waals surface area contributed by atoms with Crippen LogP contribution in [0.4, 0.5) is 0 Å². The summed E-state index contributed by atoms with van der Waals surface area (Å²) in [6.45, 7) is 7.14. The van der Waals surface area contributed by atoms with Gasteiger partial charge < -0.3 is 5.32 Å². The zero-order chi connectivity index (χ0) is 10.6. The molecule has 1 heterocycles. The van der Waals surface area contributed by atoms with Gasteiger partial charge in [0.15, 0.2) is 0 Å². The van der Waals surface area contributed by atoms with Crippen LogP contribution in [-0.2, 0) is 6.54 Å². The Morgan fingerprint density at radius 3 is 3.07 bits per heavy atom. The summed E-state index contributed by atoms with van der Waals surface area (Å²) in [5, 5.41) is 8.01. The topological polar surface area (TPSA) is 29.9 Å². The van der Waals surface area contributed by atoms with Crippen molar-refractivity contribution in [3.05, 3.63) is 28.5 Å². The standard InChI is InChI=1S/C9H13BrClN3/c1-7(11)3-12-8(2)5-14-6-9(10)4-13-14/h4,6,8,12H,1,3,5H2,2H3. The Kier molecular flexibility index (Phi) is 4.65. The van der Waals surface area contributed by atoms with E-state index in [0.29, 0.717) is 17.6 Å². The highest BCUT2D eigenvalue weighted by molar-refractivity contribution is 9.10. The Labute approximate surface area is 97.3 Å². The van der Waals surface area contributed by atoms with E-state index in [2.05, 4.69) is 39.8 Å². The molecule has 0 aliphatic carbocycles. The summed E-state index contributed by atoms with van der Waals surface area (Å²) in [5.41, 5.74) is 0. The molecule has 1 rings (SSSR count). The number of hydrogen-bond donors (Lipinski definition) is 1. The molecule has 14 heavy (non-hydrogen) atoms. The monoisotopic (exact) mass is 277 g/mol. The van der Waals surface area contributed by atoms with Crippen LogP contribution in [0.5, 0.6) is 0 Å². The van der Waals surface area contributed by atoms with E-state index in [9.17, 15) is 0 Å². The molecular weight excluding hydrogens is 265 g/mol. The lowest BCUT2D eigenvalue weighted by Gasteiger charge is -2.12. The second-order valence-electron chi connectivity index (χ2n) is 3.18. The third-order valence-electron chi connectivity index (χ3n) is 1.70. The average molecular weight is 279 g/mol. The molecule has 1 N–H and O–H groups in total. The van der Waals surface area contributed by atoms with Gasteiger partial charge in [0.25, 0.3) is 0 Å². The highest BCUT2D eigenvalue weighted by Crippen LogP contribution is 2.06. The summed E-state index contributed by atoms with van der Waals surface area (Å²) in [6.07, 6.45) is 3.71. The normalized spacial score (nSPS) is 12.8. The highest BCUT2D eigenvalue weighted by Gasteiger charge is 2.03. The quantitative estimate of drug-likeness (QED) is 0.896. The lowest BCUT2D eigenvalue weighted by molar-refractivity contribution is 0.467. The minimum absolute atomic E-state index is 0.317. The molecule has 1 aromatic heterocycles. The molecule has 3 nitrogen and oxygen atoms in total. The summed E-state index contributed by atoms with van der Waals surface area (Å²) in [6, 6.07) is 0.317. The van der Waals surface area contributed by atoms with Crippen LogP contribution in [-0.4, -0.2) is 22.4 Å². The molecule has 0 bridgehead atoms. The van der Waals surface area contributed by atoms with Crippen molar-refractivity contribution in [3.8, 4) is 0 Å². The van der Waals surface area contributed by atoms with Crippen molar-refractivity contribution in [1.29, 1.82) is 0 Å². The van der Waals surface area contributed by atoms with E-state index in [1.165, 1.54) is 0 Å². The van der Waals surface area contributed by atoms with Crippen molar-refractivity contribution >= 4 is 27.5 Å². The maximum Gasteiger partial charge on any atom is 0.0632 e. The predicted octanol–water partition coefficient (Wildman–Crippen LogP) is 2.38. The van der Waals surface area contributed by atoms with Crippen molar-refractivity contribution in [1.82, 2.24) is 15.1 Å². The van der Waals surface area contributed by atoms with Gasteiger partial charge in [0.05, 0.1) is 17.2 Å². The zero-order valence-corrected chi connectivity index (χ0v) is 10.3. The van der Waals surface area contributed by atoms with Gasteiger partial charge in [0.1, 0.15) is 0 Å². The molecule has 0 spiro atoms. The fraction of sp³-hybridized carbons (Fsp3) is 0.444. The Morgan fingerprint density at radius 2 is 2.57 bits per heavy atom. The Bertz CT molecular complexity index is 311. The fourth-order valence-electron chi connectivity index (χ4n) is 1.07. The van der Waals surface area contributed by atoms with E-state index in [-0.39, 0.29) is 0 Å². The number of nitrogens with one attached hydrogen (secondary N) is 1. The minimum atomic E-state index is 0.317. The van der Waals surface area contributed by atoms with Crippen LogP contribution < -0.4 is 5.32 Å². The van der Waals surface area contributed by atoms with Crippen molar-refractivity contribution < 1.29 is 0 Å². The Hall–Kier alpha value is -0.320. The molecular formula is C9H13BrClN3. The van der Waals surface area contributed by atoms with Gasteiger partial charge in [-0.1, -0.05) is 18.2 Å². The fourth-order valence-corrected chi connectivity index (χ4v) is 1.47. The summed E-state index contributed by atoms with van der Waals surface area (Å²) in [7, 11) is 0. The summed E-state index contributed by atoms with van der Waals surface area (Å²) in [4.78, 5) is 0. The summed E-state index contributed by atoms with van der Waals surface area (Å²) in [5.74, 6) is 0. The van der Waals surface area contributed by atoms with Gasteiger partial charge in [-0.25, -0.2) is 0 Å². The van der Waals surface area contributed by atoms with E-state index >= 15 is 0 Å². The molecule has 1 unspecified atom stereocenters. The lowest BCUT2D eigenvalue weighted by atomic mass is 10.3. The van der Waals surface area contributed by atoms with E-state index in [0.717, 1.165) is 11.0 Å². The molecule has 0 aliphatic heterocycles. The molecule has 5 heteroatoms. The average Bonchev–Trinajstić information content (AvgIpc) is 2.48. The molecule has 1 atom stereocenters. The van der Waals surface area contributed by atoms with Crippen molar-refractivity contribution in [3.63, 3.8) is 0 Å². The van der Waals surface area contributed by atoms with Gasteiger partial charge in [-0.05, 0) is 22.9 Å². The first-order valence-electron chi connectivity index (χ1n) is 4.32. The van der Waals surface area contributed by atoms with Gasteiger partial charge in [0, 0.05) is 23.8 Å². The lowest BCUT2D eigenvalue weighted by Crippen LogP contribution is -2.31. The number of hydrogen-bond acceptors (Lipinski definition) is 2. The van der Waals surface area contributed by atoms with Gasteiger partial charge in [-0.15, -0.1) is 0 Å². The van der Waals surface area contributed by atoms with Gasteiger partial charge in [0.2, 0.25) is 0 Å². The minimum Gasteiger partial charge on any atom is -0.307 e. The van der Waals surface area contributed by atoms with Gasteiger partial charge >= 0.3 is 0 Å². The number of aromatic nitrogens is 2. The molecule has 0 aromatic carbocycles. The van der Waals surface area contributed by atoms with Gasteiger partial charge in [-0.2, -0.15) is 5.10 Å². The maximum atomic E-state index is 5.64. The third kappa shape index (κ3) is 4.26. The van der Waals surface area contributed by atoms with Crippen LogP contribution in [0.15, 0.2) is 28.5 Å². The van der Waals surface area contributed by atoms with Crippen LogP contribution in [0.25, 0.3) is 0 Å². The van der Waals surface area contributed by atoms with Crippen LogP contribution in [0.3, 0.4) is 0 Å². The van der Waals surface area contributed by atoms with Crippen LogP contribution >= 0.6 is 27.5 Å². The smallest absolute Gasteiger partial charge is 0.0632 e. The predicted molar refractivity (Wildman–Crippen MR) is 62.4 cm³/mol. The zero-order valence-electron chi connectivity index (χ0n) is 8.00. The maximum absolute atomic E-state index is 5.64. The molecule has 1 aromatic rings. The van der Waals surface area contributed by atoms with Crippen LogP contribution in [0.2, 0.25) is 0 Å². The van der Waals surface area contributed by atoms with E-state index in [4.69, 9.17) is 11.6 Å². The SMILES string of the molecule is C=C(Cl)CNC(C)Cn1cc(Br)cn1. The second kappa shape index (κ2) is 5.53. The van der Waals surface area contributed by atoms with E-state index < -0.39 is 0 Å². The van der Waals surface area contributed by atoms with E-state index in [1.807, 2.05) is 10.9 Å². The molecule has 0 fully saturated rings. The first kappa shape index (κ1) is 11.8. The number of nitrogens with zero attached hydrogens (tertiary/aromatic N) is 2. The third-order valence-corrected chi connectivity index (χ3v) is 2.25. The number of rotatable bonds is 5. The molecule has 0 aliphatic rings. The highest BCUT2D eigenvalue weighted by atomic mass is 79.9. The molecule has 0 saturated heterocycles. The summed E-state index contributed by atoms with van der Waals surface area (Å²) >= 11 is 8.99. The molecule has 0 amide bonds. The van der Waals surface area contributed by atoms with Crippen LogP contribution in [0, 0.1) is 0 Å².